The van der Waals surface area contributed by atoms with Crippen LogP contribution in [0.5, 0.6) is 0 Å². The molecule has 6 nitrogen and oxygen atoms in total. The monoisotopic (exact) mass is 313 g/mol. The van der Waals surface area contributed by atoms with Crippen molar-refractivity contribution in [3.8, 4) is 0 Å². The average Bonchev–Trinajstić information content (AvgIpc) is 2.43. The molecule has 1 aromatic rings. The minimum Gasteiger partial charge on any atom is -0.409 e. The molecule has 0 amide bonds. The molecule has 0 bridgehead atoms. The van der Waals surface area contributed by atoms with Crippen LogP contribution in [0.4, 0.5) is 0 Å². The van der Waals surface area contributed by atoms with Gasteiger partial charge >= 0.3 is 0 Å². The van der Waals surface area contributed by atoms with E-state index in [2.05, 4.69) is 9.88 Å². The summed E-state index contributed by atoms with van der Waals surface area (Å²) in [6.45, 7) is 7.21. The van der Waals surface area contributed by atoms with Gasteiger partial charge in [-0.1, -0.05) is 36.7 Å². The summed E-state index contributed by atoms with van der Waals surface area (Å²) in [5.41, 5.74) is 6.24. The van der Waals surface area contributed by atoms with Gasteiger partial charge in [0.15, 0.2) is 5.84 Å². The van der Waals surface area contributed by atoms with Crippen molar-refractivity contribution in [3.05, 3.63) is 29.3 Å². The summed E-state index contributed by atoms with van der Waals surface area (Å²) in [6.07, 6.45) is 0.757. The van der Waals surface area contributed by atoms with E-state index < -0.39 is 15.6 Å². The third-order valence-electron chi connectivity index (χ3n) is 3.75. The van der Waals surface area contributed by atoms with Gasteiger partial charge in [0.2, 0.25) is 10.0 Å². The normalized spacial score (nSPS) is 13.4. The topological polar surface area (TPSA) is 105 Å². The Morgan fingerprint density at radius 2 is 1.90 bits per heavy atom. The maximum Gasteiger partial charge on any atom is 0.241 e. The van der Waals surface area contributed by atoms with Gasteiger partial charge in [0.05, 0.1) is 10.4 Å². The van der Waals surface area contributed by atoms with Crippen LogP contribution in [0.25, 0.3) is 0 Å². The van der Waals surface area contributed by atoms with Gasteiger partial charge in [-0.05, 0) is 38.3 Å². The highest BCUT2D eigenvalue weighted by Crippen LogP contribution is 2.22. The lowest BCUT2D eigenvalue weighted by atomic mass is 9.93. The lowest BCUT2D eigenvalue weighted by molar-refractivity contribution is 0.307. The number of sulfonamides is 1. The summed E-state index contributed by atoms with van der Waals surface area (Å²) in [5, 5.41) is 11.9. The third-order valence-corrected chi connectivity index (χ3v) is 5.45. The standard InChI is InChI=1S/C14H23N3O3S/c1-5-14(6-2,13(15)16-18)17-21(19,20)12-8-7-10(3)9-11(12)4/h7-9,17-18H,5-6H2,1-4H3,(H2,15,16). The van der Waals surface area contributed by atoms with Crippen LogP contribution in [0.15, 0.2) is 28.3 Å². The van der Waals surface area contributed by atoms with Gasteiger partial charge in [0.1, 0.15) is 0 Å². The smallest absolute Gasteiger partial charge is 0.241 e. The van der Waals surface area contributed by atoms with Gasteiger partial charge < -0.3 is 10.9 Å². The number of nitrogens with zero attached hydrogens (tertiary/aromatic N) is 1. The first-order chi connectivity index (χ1) is 9.72. The highest BCUT2D eigenvalue weighted by molar-refractivity contribution is 7.89. The first kappa shape index (κ1) is 17.5. The van der Waals surface area contributed by atoms with Crippen molar-refractivity contribution in [3.63, 3.8) is 0 Å². The molecule has 0 heterocycles. The number of benzene rings is 1. The van der Waals surface area contributed by atoms with Crippen LogP contribution in [0.3, 0.4) is 0 Å². The van der Waals surface area contributed by atoms with Crippen molar-refractivity contribution in [2.75, 3.05) is 0 Å². The lowest BCUT2D eigenvalue weighted by Crippen LogP contribution is -2.56. The Balaban J connectivity index is 3.31. The number of hydrogen-bond donors (Lipinski definition) is 3. The van der Waals surface area contributed by atoms with E-state index in [0.29, 0.717) is 18.4 Å². The van der Waals surface area contributed by atoms with Crippen LogP contribution in [0.1, 0.15) is 37.8 Å². The quantitative estimate of drug-likeness (QED) is 0.323. The third kappa shape index (κ3) is 3.54. The van der Waals surface area contributed by atoms with Crippen molar-refractivity contribution in [1.82, 2.24) is 4.72 Å². The number of nitrogens with one attached hydrogen (secondary N) is 1. The van der Waals surface area contributed by atoms with Crippen molar-refractivity contribution in [1.29, 1.82) is 0 Å². The predicted octanol–water partition coefficient (Wildman–Crippen LogP) is 1.89. The maximum absolute atomic E-state index is 12.6. The van der Waals surface area contributed by atoms with E-state index in [1.165, 1.54) is 0 Å². The molecule has 0 radical (unpaired) electrons. The second kappa shape index (κ2) is 6.44. The molecule has 118 valence electrons. The second-order valence-electron chi connectivity index (χ2n) is 5.15. The molecule has 0 saturated heterocycles. The first-order valence-electron chi connectivity index (χ1n) is 6.81. The Labute approximate surface area is 126 Å². The molecule has 1 rings (SSSR count). The van der Waals surface area contributed by atoms with Crippen LogP contribution in [-0.2, 0) is 10.0 Å². The van der Waals surface area contributed by atoms with E-state index in [-0.39, 0.29) is 10.7 Å². The number of aryl methyl sites for hydroxylation is 2. The molecule has 0 aliphatic carbocycles. The van der Waals surface area contributed by atoms with Gasteiger partial charge in [-0.25, -0.2) is 8.42 Å². The maximum atomic E-state index is 12.6. The average molecular weight is 313 g/mol. The molecule has 0 atom stereocenters. The van der Waals surface area contributed by atoms with E-state index >= 15 is 0 Å². The molecule has 1 aromatic carbocycles. The molecular weight excluding hydrogens is 290 g/mol. The van der Waals surface area contributed by atoms with Crippen molar-refractivity contribution in [2.24, 2.45) is 10.9 Å². The molecule has 21 heavy (non-hydrogen) atoms. The van der Waals surface area contributed by atoms with Crippen LogP contribution in [-0.4, -0.2) is 25.0 Å². The minimum atomic E-state index is -3.77. The Morgan fingerprint density at radius 3 is 2.33 bits per heavy atom. The molecule has 7 heteroatoms. The Morgan fingerprint density at radius 1 is 1.33 bits per heavy atom. The van der Waals surface area contributed by atoms with Gasteiger partial charge in [-0.2, -0.15) is 4.72 Å². The molecule has 0 spiro atoms. The van der Waals surface area contributed by atoms with Gasteiger partial charge in [-0.3, -0.25) is 0 Å². The zero-order chi connectivity index (χ0) is 16.3. The summed E-state index contributed by atoms with van der Waals surface area (Å²) in [4.78, 5) is 0.199. The van der Waals surface area contributed by atoms with E-state index in [4.69, 9.17) is 10.9 Å². The van der Waals surface area contributed by atoms with Crippen molar-refractivity contribution < 1.29 is 13.6 Å². The molecule has 0 fully saturated rings. The Kier molecular flexibility index (Phi) is 5.36. The SMILES string of the molecule is CCC(CC)(NS(=O)(=O)c1ccc(C)cc1C)/C(N)=N/O. The van der Waals surface area contributed by atoms with E-state index in [1.807, 2.05) is 6.92 Å². The molecular formula is C14H23N3O3S. The largest absolute Gasteiger partial charge is 0.409 e. The number of rotatable bonds is 6. The van der Waals surface area contributed by atoms with Gasteiger partial charge in [0, 0.05) is 0 Å². The van der Waals surface area contributed by atoms with Gasteiger partial charge in [0.25, 0.3) is 0 Å². The minimum absolute atomic E-state index is 0.138. The lowest BCUT2D eigenvalue weighted by Gasteiger charge is -2.31. The second-order valence-corrected chi connectivity index (χ2v) is 6.80. The van der Waals surface area contributed by atoms with Gasteiger partial charge in [-0.15, -0.1) is 0 Å². The first-order valence-corrected chi connectivity index (χ1v) is 8.30. The summed E-state index contributed by atoms with van der Waals surface area (Å²) in [7, 11) is -3.77. The zero-order valence-electron chi connectivity index (χ0n) is 12.8. The van der Waals surface area contributed by atoms with E-state index in [0.717, 1.165) is 5.56 Å². The highest BCUT2D eigenvalue weighted by atomic mass is 32.2. The molecule has 0 saturated carbocycles. The van der Waals surface area contributed by atoms with Crippen molar-refractivity contribution in [2.45, 2.75) is 51.0 Å². The zero-order valence-corrected chi connectivity index (χ0v) is 13.7. The van der Waals surface area contributed by atoms with E-state index in [1.54, 1.807) is 39.0 Å². The van der Waals surface area contributed by atoms with Crippen LogP contribution in [0, 0.1) is 13.8 Å². The summed E-state index contributed by atoms with van der Waals surface area (Å²) >= 11 is 0. The van der Waals surface area contributed by atoms with Crippen LogP contribution < -0.4 is 10.5 Å². The fourth-order valence-corrected chi connectivity index (χ4v) is 4.07. The summed E-state index contributed by atoms with van der Waals surface area (Å²) in [5.74, 6) is -0.138. The summed E-state index contributed by atoms with van der Waals surface area (Å²) < 4.78 is 27.8. The van der Waals surface area contributed by atoms with Crippen molar-refractivity contribution >= 4 is 15.9 Å². The predicted molar refractivity (Wildman–Crippen MR) is 83.0 cm³/mol. The molecule has 0 aromatic heterocycles. The highest BCUT2D eigenvalue weighted by Gasteiger charge is 2.36. The molecule has 0 aliphatic rings. The summed E-state index contributed by atoms with van der Waals surface area (Å²) in [6, 6.07) is 5.11. The van der Waals surface area contributed by atoms with Crippen LogP contribution in [0.2, 0.25) is 0 Å². The molecule has 0 aliphatic heterocycles. The number of hydrogen-bond acceptors (Lipinski definition) is 4. The number of amidine groups is 1. The number of oxime groups is 1. The molecule has 4 N–H and O–H groups in total. The Hall–Kier alpha value is -1.60. The fourth-order valence-electron chi connectivity index (χ4n) is 2.32. The Bertz CT molecular complexity index is 635. The molecule has 0 unspecified atom stereocenters. The van der Waals surface area contributed by atoms with E-state index in [9.17, 15) is 8.42 Å². The van der Waals surface area contributed by atoms with Crippen LogP contribution >= 0.6 is 0 Å². The fraction of sp³-hybridized carbons (Fsp3) is 0.500. The number of nitrogens with two attached hydrogens (primary N) is 1.